The second kappa shape index (κ2) is 3.92. The first kappa shape index (κ1) is 10.6. The highest BCUT2D eigenvalue weighted by molar-refractivity contribution is 5.60. The third kappa shape index (κ3) is 2.18. The summed E-state index contributed by atoms with van der Waals surface area (Å²) in [6.45, 7) is 2.26. The van der Waals surface area contributed by atoms with Crippen LogP contribution in [-0.2, 0) is 0 Å². The molecule has 1 aliphatic rings. The second-order valence-electron chi connectivity index (χ2n) is 3.95. The topological polar surface area (TPSA) is 107 Å². The fourth-order valence-corrected chi connectivity index (χ4v) is 1.49. The van der Waals surface area contributed by atoms with Crippen LogP contribution >= 0.6 is 0 Å². The van der Waals surface area contributed by atoms with E-state index in [1.165, 1.54) is 12.8 Å². The van der Waals surface area contributed by atoms with Crippen molar-refractivity contribution in [1.29, 1.82) is 0 Å². The van der Waals surface area contributed by atoms with E-state index < -0.39 is 4.92 Å². The zero-order valence-corrected chi connectivity index (χ0v) is 8.93. The van der Waals surface area contributed by atoms with Crippen LogP contribution in [0.15, 0.2) is 0 Å². The predicted molar refractivity (Wildman–Crippen MR) is 59.0 cm³/mol. The molecule has 1 saturated carbocycles. The Kier molecular flexibility index (Phi) is 2.59. The zero-order valence-electron chi connectivity index (χ0n) is 8.93. The van der Waals surface area contributed by atoms with Crippen molar-refractivity contribution in [2.24, 2.45) is 5.92 Å². The molecule has 0 saturated heterocycles. The molecule has 1 aromatic heterocycles. The quantitative estimate of drug-likeness (QED) is 0.584. The number of nitrogens with zero attached hydrogens (tertiary/aromatic N) is 3. The Morgan fingerprint density at radius 2 is 2.25 bits per heavy atom. The van der Waals surface area contributed by atoms with E-state index >= 15 is 0 Å². The average molecular weight is 223 g/mol. The number of hydrogen-bond donors (Lipinski definition) is 2. The van der Waals surface area contributed by atoms with Gasteiger partial charge in [0, 0.05) is 6.54 Å². The van der Waals surface area contributed by atoms with Gasteiger partial charge in [-0.2, -0.15) is 4.98 Å². The fraction of sp³-hybridized carbons (Fsp3) is 0.556. The molecule has 0 amide bonds. The Bertz CT molecular complexity index is 430. The lowest BCUT2D eigenvalue weighted by Gasteiger charge is -2.07. The van der Waals surface area contributed by atoms with Gasteiger partial charge in [-0.25, -0.2) is 4.98 Å². The molecule has 16 heavy (non-hydrogen) atoms. The van der Waals surface area contributed by atoms with Crippen molar-refractivity contribution >= 4 is 17.5 Å². The molecular weight excluding hydrogens is 210 g/mol. The van der Waals surface area contributed by atoms with E-state index in [2.05, 4.69) is 15.3 Å². The Balaban J connectivity index is 2.27. The summed E-state index contributed by atoms with van der Waals surface area (Å²) in [5.74, 6) is 0.888. The molecule has 0 bridgehead atoms. The smallest absolute Gasteiger partial charge is 0.332 e. The Labute approximate surface area is 92.2 Å². The minimum Gasteiger partial charge on any atom is -0.368 e. The highest BCUT2D eigenvalue weighted by Gasteiger charge is 2.25. The molecule has 3 N–H and O–H groups in total. The van der Waals surface area contributed by atoms with Crippen molar-refractivity contribution in [3.63, 3.8) is 0 Å². The standard InChI is InChI=1S/C9H13N5O2/c1-5-7(14(15)16)8(13-9(10)12-5)11-4-6-2-3-6/h6H,2-4H2,1H3,(H3,10,11,12,13). The number of rotatable bonds is 4. The molecule has 7 nitrogen and oxygen atoms in total. The summed E-state index contributed by atoms with van der Waals surface area (Å²) in [7, 11) is 0. The van der Waals surface area contributed by atoms with Gasteiger partial charge in [0.1, 0.15) is 5.69 Å². The van der Waals surface area contributed by atoms with E-state index in [1.54, 1.807) is 6.92 Å². The highest BCUT2D eigenvalue weighted by atomic mass is 16.6. The van der Waals surface area contributed by atoms with E-state index in [1.807, 2.05) is 0 Å². The van der Waals surface area contributed by atoms with Crippen LogP contribution in [0.3, 0.4) is 0 Å². The first-order valence-corrected chi connectivity index (χ1v) is 5.10. The fourth-order valence-electron chi connectivity index (χ4n) is 1.49. The maximum atomic E-state index is 10.9. The van der Waals surface area contributed by atoms with Gasteiger partial charge >= 0.3 is 5.69 Å². The average Bonchev–Trinajstić information content (AvgIpc) is 2.95. The molecule has 7 heteroatoms. The van der Waals surface area contributed by atoms with Crippen LogP contribution in [0.2, 0.25) is 0 Å². The number of hydrogen-bond acceptors (Lipinski definition) is 6. The third-order valence-corrected chi connectivity index (χ3v) is 2.51. The maximum Gasteiger partial charge on any atom is 0.332 e. The first-order valence-electron chi connectivity index (χ1n) is 5.10. The summed E-state index contributed by atoms with van der Waals surface area (Å²) in [4.78, 5) is 18.0. The van der Waals surface area contributed by atoms with Crippen LogP contribution < -0.4 is 11.1 Å². The van der Waals surface area contributed by atoms with E-state index in [0.717, 1.165) is 0 Å². The number of nitro groups is 1. The number of nitrogen functional groups attached to an aromatic ring is 1. The van der Waals surface area contributed by atoms with Gasteiger partial charge in [-0.1, -0.05) is 0 Å². The van der Waals surface area contributed by atoms with Crippen LogP contribution in [0.25, 0.3) is 0 Å². The number of nitrogens with two attached hydrogens (primary N) is 1. The van der Waals surface area contributed by atoms with Crippen molar-refractivity contribution in [2.45, 2.75) is 19.8 Å². The van der Waals surface area contributed by atoms with Gasteiger partial charge in [-0.3, -0.25) is 10.1 Å². The molecule has 0 unspecified atom stereocenters. The molecular formula is C9H13N5O2. The lowest BCUT2D eigenvalue weighted by atomic mass is 10.3. The van der Waals surface area contributed by atoms with Crippen molar-refractivity contribution in [3.8, 4) is 0 Å². The third-order valence-electron chi connectivity index (χ3n) is 2.51. The first-order chi connectivity index (χ1) is 7.58. The van der Waals surface area contributed by atoms with Crippen LogP contribution in [0, 0.1) is 23.0 Å². The van der Waals surface area contributed by atoms with Crippen molar-refractivity contribution in [1.82, 2.24) is 9.97 Å². The SMILES string of the molecule is Cc1nc(N)nc(NCC2CC2)c1[N+](=O)[O-]. The van der Waals surface area contributed by atoms with Crippen molar-refractivity contribution < 1.29 is 4.92 Å². The Morgan fingerprint density at radius 3 is 2.81 bits per heavy atom. The number of aryl methyl sites for hydroxylation is 1. The van der Waals surface area contributed by atoms with Gasteiger partial charge in [0.25, 0.3) is 0 Å². The van der Waals surface area contributed by atoms with Gasteiger partial charge in [0.15, 0.2) is 0 Å². The minimum absolute atomic E-state index is 0.0568. The summed E-state index contributed by atoms with van der Waals surface area (Å²) < 4.78 is 0. The van der Waals surface area contributed by atoms with Crippen molar-refractivity contribution in [3.05, 3.63) is 15.8 Å². The van der Waals surface area contributed by atoms with Crippen LogP contribution in [0.4, 0.5) is 17.5 Å². The van der Waals surface area contributed by atoms with E-state index in [9.17, 15) is 10.1 Å². The molecule has 1 aliphatic carbocycles. The largest absolute Gasteiger partial charge is 0.368 e. The number of aromatic nitrogens is 2. The van der Waals surface area contributed by atoms with Gasteiger partial charge in [0.05, 0.1) is 4.92 Å². The van der Waals surface area contributed by atoms with E-state index in [4.69, 9.17) is 5.73 Å². The molecule has 2 rings (SSSR count). The Morgan fingerprint density at radius 1 is 1.56 bits per heavy atom. The monoisotopic (exact) mass is 223 g/mol. The zero-order chi connectivity index (χ0) is 11.7. The van der Waals surface area contributed by atoms with Gasteiger partial charge in [-0.05, 0) is 25.7 Å². The predicted octanol–water partition coefficient (Wildman–Crippen LogP) is 1.10. The summed E-state index contributed by atoms with van der Waals surface area (Å²) in [6, 6.07) is 0. The molecule has 0 radical (unpaired) electrons. The van der Waals surface area contributed by atoms with Gasteiger partial charge < -0.3 is 11.1 Å². The molecule has 1 heterocycles. The minimum atomic E-state index is -0.482. The Hall–Kier alpha value is -1.92. The van der Waals surface area contributed by atoms with Crippen LogP contribution in [-0.4, -0.2) is 21.4 Å². The summed E-state index contributed by atoms with van der Waals surface area (Å²) in [5.41, 5.74) is 5.67. The molecule has 0 aliphatic heterocycles. The summed E-state index contributed by atoms with van der Waals surface area (Å²) >= 11 is 0. The molecule has 86 valence electrons. The molecule has 1 fully saturated rings. The van der Waals surface area contributed by atoms with Crippen molar-refractivity contribution in [2.75, 3.05) is 17.6 Å². The highest BCUT2D eigenvalue weighted by Crippen LogP contribution is 2.31. The van der Waals surface area contributed by atoms with Gasteiger partial charge in [0.2, 0.25) is 11.8 Å². The second-order valence-corrected chi connectivity index (χ2v) is 3.95. The molecule has 0 atom stereocenters. The molecule has 1 aromatic rings. The summed E-state index contributed by atoms with van der Waals surface area (Å²) in [5, 5.41) is 13.8. The van der Waals surface area contributed by atoms with Crippen LogP contribution in [0.5, 0.6) is 0 Å². The van der Waals surface area contributed by atoms with E-state index in [0.29, 0.717) is 12.5 Å². The van der Waals surface area contributed by atoms with E-state index in [-0.39, 0.29) is 23.1 Å². The normalized spacial score (nSPS) is 14.8. The van der Waals surface area contributed by atoms with Crippen LogP contribution in [0.1, 0.15) is 18.5 Å². The molecule has 0 aromatic carbocycles. The number of nitrogens with one attached hydrogen (secondary N) is 1. The van der Waals surface area contributed by atoms with Gasteiger partial charge in [-0.15, -0.1) is 0 Å². The lowest BCUT2D eigenvalue weighted by Crippen LogP contribution is -2.11. The maximum absolute atomic E-state index is 10.9. The lowest BCUT2D eigenvalue weighted by molar-refractivity contribution is -0.385. The molecule has 0 spiro atoms. The number of anilines is 2. The summed E-state index contributed by atoms with van der Waals surface area (Å²) in [6.07, 6.45) is 2.33.